The molecule has 0 bridgehead atoms. The molecule has 0 unspecified atom stereocenters. The molecule has 0 spiro atoms. The summed E-state index contributed by atoms with van der Waals surface area (Å²) >= 11 is 1.75. The second kappa shape index (κ2) is 6.68. The number of nitrogens with one attached hydrogen (secondary N) is 2. The molecule has 1 heterocycles. The maximum atomic E-state index is 12.1. The first-order valence-electron chi connectivity index (χ1n) is 7.16. The van der Waals surface area contributed by atoms with Crippen LogP contribution < -0.4 is 10.6 Å². The zero-order valence-electron chi connectivity index (χ0n) is 11.8. The van der Waals surface area contributed by atoms with Crippen LogP contribution in [-0.4, -0.2) is 24.7 Å². The first-order chi connectivity index (χ1) is 10.3. The second-order valence-electron chi connectivity index (χ2n) is 4.97. The fourth-order valence-corrected chi connectivity index (χ4v) is 3.17. The fourth-order valence-electron chi connectivity index (χ4n) is 2.38. The number of rotatable bonds is 5. The number of thioether (sulfide) groups is 1. The molecule has 0 saturated carbocycles. The zero-order valence-corrected chi connectivity index (χ0v) is 12.6. The van der Waals surface area contributed by atoms with E-state index in [1.54, 1.807) is 11.8 Å². The molecule has 4 heteroatoms. The Morgan fingerprint density at radius 2 is 2.05 bits per heavy atom. The predicted octanol–water partition coefficient (Wildman–Crippen LogP) is 3.18. The Labute approximate surface area is 129 Å². The third kappa shape index (κ3) is 3.58. The first-order valence-corrected chi connectivity index (χ1v) is 8.14. The average Bonchev–Trinajstić information content (AvgIpc) is 3.00. The van der Waals surface area contributed by atoms with Gasteiger partial charge in [-0.25, -0.2) is 0 Å². The molecule has 21 heavy (non-hydrogen) atoms. The van der Waals surface area contributed by atoms with Crippen molar-refractivity contribution in [2.75, 3.05) is 24.2 Å². The van der Waals surface area contributed by atoms with Gasteiger partial charge in [-0.3, -0.25) is 4.79 Å². The van der Waals surface area contributed by atoms with E-state index in [2.05, 4.69) is 22.8 Å². The summed E-state index contributed by atoms with van der Waals surface area (Å²) in [7, 11) is 0. The van der Waals surface area contributed by atoms with Crippen LogP contribution in [0.1, 0.15) is 15.9 Å². The van der Waals surface area contributed by atoms with Crippen LogP contribution in [0, 0.1) is 0 Å². The van der Waals surface area contributed by atoms with Gasteiger partial charge in [0.2, 0.25) is 0 Å². The number of anilines is 1. The van der Waals surface area contributed by atoms with Gasteiger partial charge >= 0.3 is 0 Å². The lowest BCUT2D eigenvalue weighted by molar-refractivity contribution is 0.0956. The molecule has 3 rings (SSSR count). The van der Waals surface area contributed by atoms with E-state index in [4.69, 9.17) is 0 Å². The number of benzene rings is 2. The van der Waals surface area contributed by atoms with Crippen LogP contribution in [0.25, 0.3) is 0 Å². The van der Waals surface area contributed by atoms with Gasteiger partial charge in [-0.05, 0) is 36.2 Å². The van der Waals surface area contributed by atoms with Crippen LogP contribution >= 0.6 is 11.8 Å². The Bertz CT molecular complexity index is 628. The molecular weight excluding hydrogens is 280 g/mol. The summed E-state index contributed by atoms with van der Waals surface area (Å²) in [5.41, 5.74) is 3.13. The zero-order chi connectivity index (χ0) is 14.5. The summed E-state index contributed by atoms with van der Waals surface area (Å²) in [5.74, 6) is 0.874. The van der Waals surface area contributed by atoms with Crippen molar-refractivity contribution in [1.29, 1.82) is 0 Å². The SMILES string of the molecule is O=C(NCCSc1ccccc1)c1ccc2c(c1)NCC2. The first kappa shape index (κ1) is 14.0. The fraction of sp³-hybridized carbons (Fsp3) is 0.235. The molecule has 0 aromatic heterocycles. The molecule has 2 aromatic rings. The monoisotopic (exact) mass is 298 g/mol. The second-order valence-corrected chi connectivity index (χ2v) is 6.13. The maximum absolute atomic E-state index is 12.1. The highest BCUT2D eigenvalue weighted by Gasteiger charge is 2.12. The molecule has 1 amide bonds. The van der Waals surface area contributed by atoms with Crippen molar-refractivity contribution in [3.63, 3.8) is 0 Å². The van der Waals surface area contributed by atoms with Crippen LogP contribution in [0.15, 0.2) is 53.4 Å². The van der Waals surface area contributed by atoms with E-state index in [1.807, 2.05) is 36.4 Å². The lowest BCUT2D eigenvalue weighted by Crippen LogP contribution is -2.25. The van der Waals surface area contributed by atoms with Gasteiger partial charge in [-0.15, -0.1) is 11.8 Å². The van der Waals surface area contributed by atoms with Crippen LogP contribution in [0.4, 0.5) is 5.69 Å². The van der Waals surface area contributed by atoms with E-state index in [0.717, 1.165) is 30.0 Å². The summed E-state index contributed by atoms with van der Waals surface area (Å²) in [5, 5.41) is 6.27. The van der Waals surface area contributed by atoms with E-state index >= 15 is 0 Å². The minimum absolute atomic E-state index is 0.000150. The third-order valence-corrected chi connectivity index (χ3v) is 4.50. The molecule has 108 valence electrons. The van der Waals surface area contributed by atoms with Gasteiger partial charge in [0.1, 0.15) is 0 Å². The molecule has 1 aliphatic rings. The van der Waals surface area contributed by atoms with Crippen molar-refractivity contribution in [1.82, 2.24) is 5.32 Å². The highest BCUT2D eigenvalue weighted by atomic mass is 32.2. The van der Waals surface area contributed by atoms with Crippen molar-refractivity contribution in [2.45, 2.75) is 11.3 Å². The van der Waals surface area contributed by atoms with Gasteiger partial charge in [0.05, 0.1) is 0 Å². The molecular formula is C17H18N2OS. The van der Waals surface area contributed by atoms with Crippen molar-refractivity contribution in [3.8, 4) is 0 Å². The maximum Gasteiger partial charge on any atom is 0.251 e. The van der Waals surface area contributed by atoms with E-state index in [0.29, 0.717) is 6.54 Å². The molecule has 0 radical (unpaired) electrons. The van der Waals surface area contributed by atoms with E-state index in [9.17, 15) is 4.79 Å². The van der Waals surface area contributed by atoms with Crippen LogP contribution in [0.2, 0.25) is 0 Å². The molecule has 0 saturated heterocycles. The summed E-state index contributed by atoms with van der Waals surface area (Å²) in [6, 6.07) is 16.1. The van der Waals surface area contributed by atoms with E-state index in [1.165, 1.54) is 10.5 Å². The van der Waals surface area contributed by atoms with Gasteiger partial charge in [-0.1, -0.05) is 24.3 Å². The smallest absolute Gasteiger partial charge is 0.251 e. The molecule has 0 atom stereocenters. The molecule has 1 aliphatic heterocycles. The lowest BCUT2D eigenvalue weighted by Gasteiger charge is -2.07. The van der Waals surface area contributed by atoms with Crippen molar-refractivity contribution >= 4 is 23.4 Å². The van der Waals surface area contributed by atoms with Gasteiger partial charge in [0, 0.05) is 35.0 Å². The minimum atomic E-state index is 0.000150. The third-order valence-electron chi connectivity index (χ3n) is 3.48. The van der Waals surface area contributed by atoms with Crippen molar-refractivity contribution < 1.29 is 4.79 Å². The van der Waals surface area contributed by atoms with E-state index < -0.39 is 0 Å². The quantitative estimate of drug-likeness (QED) is 0.658. The standard InChI is InChI=1S/C17H18N2OS/c20-17(14-7-6-13-8-9-18-16(13)12-14)19-10-11-21-15-4-2-1-3-5-15/h1-7,12,18H,8-11H2,(H,19,20). The average molecular weight is 298 g/mol. The molecule has 3 nitrogen and oxygen atoms in total. The lowest BCUT2D eigenvalue weighted by atomic mass is 10.1. The molecule has 0 aliphatic carbocycles. The van der Waals surface area contributed by atoms with Gasteiger partial charge in [0.15, 0.2) is 0 Å². The van der Waals surface area contributed by atoms with Gasteiger partial charge < -0.3 is 10.6 Å². The highest BCUT2D eigenvalue weighted by Crippen LogP contribution is 2.23. The Morgan fingerprint density at radius 1 is 1.19 bits per heavy atom. The Hall–Kier alpha value is -1.94. The number of fused-ring (bicyclic) bond motifs is 1. The summed E-state index contributed by atoms with van der Waals surface area (Å²) in [6.07, 6.45) is 1.05. The molecule has 2 N–H and O–H groups in total. The van der Waals surface area contributed by atoms with Gasteiger partial charge in [0.25, 0.3) is 5.91 Å². The topological polar surface area (TPSA) is 41.1 Å². The van der Waals surface area contributed by atoms with Gasteiger partial charge in [-0.2, -0.15) is 0 Å². The number of carbonyl (C=O) groups excluding carboxylic acids is 1. The van der Waals surface area contributed by atoms with Crippen LogP contribution in [0.3, 0.4) is 0 Å². The number of carbonyl (C=O) groups is 1. The van der Waals surface area contributed by atoms with Crippen LogP contribution in [0.5, 0.6) is 0 Å². The summed E-state index contributed by atoms with van der Waals surface area (Å²) in [6.45, 7) is 1.64. The number of hydrogen-bond acceptors (Lipinski definition) is 3. The molecule has 2 aromatic carbocycles. The summed E-state index contributed by atoms with van der Waals surface area (Å²) < 4.78 is 0. The normalized spacial score (nSPS) is 12.6. The number of amides is 1. The van der Waals surface area contributed by atoms with Crippen LogP contribution in [-0.2, 0) is 6.42 Å². The highest BCUT2D eigenvalue weighted by molar-refractivity contribution is 7.99. The minimum Gasteiger partial charge on any atom is -0.384 e. The Balaban J connectivity index is 1.48. The Kier molecular flexibility index (Phi) is 4.46. The predicted molar refractivity (Wildman–Crippen MR) is 88.1 cm³/mol. The van der Waals surface area contributed by atoms with E-state index in [-0.39, 0.29) is 5.91 Å². The summed E-state index contributed by atoms with van der Waals surface area (Å²) in [4.78, 5) is 13.3. The van der Waals surface area contributed by atoms with Crippen molar-refractivity contribution in [3.05, 3.63) is 59.7 Å². The largest absolute Gasteiger partial charge is 0.384 e. The Morgan fingerprint density at radius 3 is 2.90 bits per heavy atom. The number of hydrogen-bond donors (Lipinski definition) is 2. The van der Waals surface area contributed by atoms with Crippen molar-refractivity contribution in [2.24, 2.45) is 0 Å². The molecule has 0 fully saturated rings.